The van der Waals surface area contributed by atoms with Crippen LogP contribution in [-0.2, 0) is 14.7 Å². The second-order valence-corrected chi connectivity index (χ2v) is 2.60. The molecule has 0 aromatic carbocycles. The maximum atomic E-state index is 10.5. The summed E-state index contributed by atoms with van der Waals surface area (Å²) >= 11 is 0. The number of hydrogen-bond donors (Lipinski definition) is 1. The van der Waals surface area contributed by atoms with E-state index in [1.54, 1.807) is 6.92 Å². The molecule has 2 atom stereocenters. The van der Waals surface area contributed by atoms with E-state index < -0.39 is 11.9 Å². The second-order valence-electron chi connectivity index (χ2n) is 2.60. The van der Waals surface area contributed by atoms with Crippen LogP contribution < -0.4 is 5.32 Å². The summed E-state index contributed by atoms with van der Waals surface area (Å²) < 4.78 is 0. The van der Waals surface area contributed by atoms with Crippen molar-refractivity contribution >= 4 is 11.9 Å². The van der Waals surface area contributed by atoms with E-state index in [-0.39, 0.29) is 11.9 Å². The minimum atomic E-state index is -1.15. The Morgan fingerprint density at radius 3 is 2.00 bits per heavy atom. The van der Waals surface area contributed by atoms with Crippen LogP contribution in [-0.4, -0.2) is 17.9 Å². The number of carbonyl (C=O) groups excluding carboxylic acids is 2. The zero-order valence-corrected chi connectivity index (χ0v) is 6.88. The monoisotopic (exact) mass is 158 g/mol. The lowest BCUT2D eigenvalue weighted by Gasteiger charge is -2.14. The van der Waals surface area contributed by atoms with Gasteiger partial charge in [-0.15, -0.1) is 0 Å². The summed E-state index contributed by atoms with van der Waals surface area (Å²) in [4.78, 5) is 20.7. The first-order valence-electron chi connectivity index (χ1n) is 3.43. The van der Waals surface area contributed by atoms with E-state index in [0.29, 0.717) is 0 Å². The molecule has 0 aliphatic heterocycles. The summed E-state index contributed by atoms with van der Waals surface area (Å²) in [5, 5.41) is 12.7. The van der Waals surface area contributed by atoms with Crippen LogP contribution in [0.4, 0.5) is 0 Å². The SMILES string of the molecule is CC(=O)N[C@@H](C)[C@H](C)C([O])=O. The lowest BCUT2D eigenvalue weighted by Crippen LogP contribution is -2.38. The fourth-order valence-corrected chi connectivity index (χ4v) is 0.650. The van der Waals surface area contributed by atoms with Gasteiger partial charge in [0.2, 0.25) is 5.91 Å². The van der Waals surface area contributed by atoms with Crippen molar-refractivity contribution in [2.45, 2.75) is 26.8 Å². The summed E-state index contributed by atoms with van der Waals surface area (Å²) in [5.74, 6) is -2.03. The molecule has 0 spiro atoms. The molecule has 0 heterocycles. The molecular weight excluding hydrogens is 146 g/mol. The van der Waals surface area contributed by atoms with Crippen molar-refractivity contribution in [1.29, 1.82) is 0 Å². The average molecular weight is 158 g/mol. The van der Waals surface area contributed by atoms with Gasteiger partial charge in [-0.1, -0.05) is 0 Å². The van der Waals surface area contributed by atoms with Crippen LogP contribution in [0.15, 0.2) is 0 Å². The number of rotatable bonds is 3. The smallest absolute Gasteiger partial charge is 0.353 e. The van der Waals surface area contributed by atoms with Gasteiger partial charge in [0, 0.05) is 13.0 Å². The van der Waals surface area contributed by atoms with E-state index in [4.69, 9.17) is 0 Å². The summed E-state index contributed by atoms with van der Waals surface area (Å²) in [7, 11) is 0. The lowest BCUT2D eigenvalue weighted by molar-refractivity contribution is -0.148. The topological polar surface area (TPSA) is 66.1 Å². The van der Waals surface area contributed by atoms with E-state index in [2.05, 4.69) is 5.32 Å². The van der Waals surface area contributed by atoms with Gasteiger partial charge in [0.1, 0.15) is 0 Å². The normalized spacial score (nSPS) is 15.2. The highest BCUT2D eigenvalue weighted by molar-refractivity contribution is 5.75. The van der Waals surface area contributed by atoms with Gasteiger partial charge in [-0.2, -0.15) is 0 Å². The molecule has 1 radical (unpaired) electrons. The molecule has 11 heavy (non-hydrogen) atoms. The predicted molar refractivity (Wildman–Crippen MR) is 38.1 cm³/mol. The van der Waals surface area contributed by atoms with Gasteiger partial charge in [0.15, 0.2) is 0 Å². The number of amides is 1. The van der Waals surface area contributed by atoms with Crippen LogP contribution in [0.3, 0.4) is 0 Å². The van der Waals surface area contributed by atoms with E-state index in [9.17, 15) is 14.7 Å². The highest BCUT2D eigenvalue weighted by atomic mass is 16.4. The average Bonchev–Trinajstić information content (AvgIpc) is 1.84. The van der Waals surface area contributed by atoms with Crippen LogP contribution >= 0.6 is 0 Å². The van der Waals surface area contributed by atoms with Crippen molar-refractivity contribution < 1.29 is 14.7 Å². The molecular formula is C7H12NO3. The third-order valence-corrected chi connectivity index (χ3v) is 1.55. The summed E-state index contributed by atoms with van der Waals surface area (Å²) in [5.41, 5.74) is 0. The molecule has 4 heteroatoms. The first-order valence-corrected chi connectivity index (χ1v) is 3.43. The molecule has 0 aliphatic rings. The highest BCUT2D eigenvalue weighted by Crippen LogP contribution is 2.01. The quantitative estimate of drug-likeness (QED) is 0.633. The van der Waals surface area contributed by atoms with Crippen LogP contribution in [0.25, 0.3) is 0 Å². The molecule has 0 aromatic heterocycles. The van der Waals surface area contributed by atoms with Crippen molar-refractivity contribution in [3.8, 4) is 0 Å². The van der Waals surface area contributed by atoms with E-state index >= 15 is 0 Å². The summed E-state index contributed by atoms with van der Waals surface area (Å²) in [6.07, 6.45) is 0. The third-order valence-electron chi connectivity index (χ3n) is 1.55. The minimum Gasteiger partial charge on any atom is -0.353 e. The number of nitrogens with one attached hydrogen (secondary N) is 1. The number of carbonyl (C=O) groups is 2. The van der Waals surface area contributed by atoms with Gasteiger partial charge in [-0.05, 0) is 13.8 Å². The molecule has 0 saturated carbocycles. The molecule has 0 unspecified atom stereocenters. The van der Waals surface area contributed by atoms with Crippen LogP contribution in [0, 0.1) is 5.92 Å². The second kappa shape index (κ2) is 3.95. The Bertz CT molecular complexity index is 167. The molecule has 4 nitrogen and oxygen atoms in total. The fraction of sp³-hybridized carbons (Fsp3) is 0.714. The Morgan fingerprint density at radius 2 is 1.73 bits per heavy atom. The highest BCUT2D eigenvalue weighted by Gasteiger charge is 2.21. The Hall–Kier alpha value is -1.06. The Morgan fingerprint density at radius 1 is 1.27 bits per heavy atom. The Labute approximate surface area is 65.6 Å². The molecule has 0 rings (SSSR count). The van der Waals surface area contributed by atoms with Crippen molar-refractivity contribution in [1.82, 2.24) is 5.32 Å². The summed E-state index contributed by atoms with van der Waals surface area (Å²) in [6.45, 7) is 4.47. The first kappa shape index (κ1) is 9.94. The zero-order valence-electron chi connectivity index (χ0n) is 6.88. The largest absolute Gasteiger partial charge is 0.360 e. The van der Waals surface area contributed by atoms with Crippen LogP contribution in [0.1, 0.15) is 20.8 Å². The standard InChI is InChI=1S/C7H12NO3/c1-4(7(10)11)5(2)8-6(3)9/h4-5H,1-3H3,(H,8,9)/t4-,5-/m0/s1. The maximum Gasteiger partial charge on any atom is 0.360 e. The molecule has 0 aromatic rings. The van der Waals surface area contributed by atoms with E-state index in [1.165, 1.54) is 13.8 Å². The van der Waals surface area contributed by atoms with Crippen LogP contribution in [0.2, 0.25) is 0 Å². The van der Waals surface area contributed by atoms with Gasteiger partial charge >= 0.3 is 5.97 Å². The molecule has 0 saturated heterocycles. The minimum absolute atomic E-state index is 0.231. The van der Waals surface area contributed by atoms with Gasteiger partial charge in [-0.3, -0.25) is 4.79 Å². The molecule has 63 valence electrons. The molecule has 1 N–H and O–H groups in total. The van der Waals surface area contributed by atoms with E-state index in [1.807, 2.05) is 0 Å². The lowest BCUT2D eigenvalue weighted by atomic mass is 10.0. The van der Waals surface area contributed by atoms with Gasteiger partial charge in [-0.25, -0.2) is 9.90 Å². The van der Waals surface area contributed by atoms with Gasteiger partial charge < -0.3 is 5.32 Å². The zero-order chi connectivity index (χ0) is 9.02. The van der Waals surface area contributed by atoms with Gasteiger partial charge in [0.25, 0.3) is 0 Å². The van der Waals surface area contributed by atoms with Gasteiger partial charge in [0.05, 0.1) is 5.92 Å². The molecule has 1 amide bonds. The number of hydrogen-bond acceptors (Lipinski definition) is 2. The van der Waals surface area contributed by atoms with Crippen molar-refractivity contribution in [3.63, 3.8) is 0 Å². The van der Waals surface area contributed by atoms with Crippen LogP contribution in [0.5, 0.6) is 0 Å². The van der Waals surface area contributed by atoms with E-state index in [0.717, 1.165) is 0 Å². The van der Waals surface area contributed by atoms with Crippen molar-refractivity contribution in [3.05, 3.63) is 0 Å². The third kappa shape index (κ3) is 3.60. The van der Waals surface area contributed by atoms with Crippen molar-refractivity contribution in [2.75, 3.05) is 0 Å². The van der Waals surface area contributed by atoms with Crippen molar-refractivity contribution in [2.24, 2.45) is 5.92 Å². The fourth-order valence-electron chi connectivity index (χ4n) is 0.650. The molecule has 0 aliphatic carbocycles. The Kier molecular flexibility index (Phi) is 3.57. The maximum absolute atomic E-state index is 10.5. The molecule has 0 bridgehead atoms. The molecule has 0 fully saturated rings. The summed E-state index contributed by atoms with van der Waals surface area (Å²) in [6, 6.07) is -0.377. The predicted octanol–water partition coefficient (Wildman–Crippen LogP) is 0.104. The first-order chi connectivity index (χ1) is 4.95. The Balaban J connectivity index is 3.92.